The molecule has 160 valence electrons. The maximum Gasteiger partial charge on any atom is 0.335 e. The molecule has 1 heterocycles. The molecule has 1 aliphatic rings. The Morgan fingerprint density at radius 2 is 1.69 bits per heavy atom. The number of amides is 4. The van der Waals surface area contributed by atoms with Crippen LogP contribution in [0, 0.1) is 6.92 Å². The monoisotopic (exact) mass is 490 g/mol. The molecule has 0 radical (unpaired) electrons. The maximum absolute atomic E-state index is 13.0. The number of aryl methyl sites for hydroxylation is 1. The predicted octanol–water partition coefficient (Wildman–Crippen LogP) is 5.00. The molecule has 1 aliphatic heterocycles. The van der Waals surface area contributed by atoms with Gasteiger partial charge in [-0.2, -0.15) is 0 Å². The summed E-state index contributed by atoms with van der Waals surface area (Å²) in [6, 6.07) is 21.2. The molecular weight excluding hydrogens is 472 g/mol. The van der Waals surface area contributed by atoms with Crippen LogP contribution in [0.2, 0.25) is 0 Å². The second-order valence-electron chi connectivity index (χ2n) is 7.26. The van der Waals surface area contributed by atoms with Crippen LogP contribution in [0.1, 0.15) is 16.7 Å². The van der Waals surface area contributed by atoms with Gasteiger partial charge in [-0.1, -0.05) is 54.1 Å². The number of barbiturate groups is 1. The Labute approximate surface area is 193 Å². The van der Waals surface area contributed by atoms with E-state index in [1.807, 2.05) is 37.3 Å². The Morgan fingerprint density at radius 1 is 0.969 bits per heavy atom. The van der Waals surface area contributed by atoms with Crippen LogP contribution in [-0.2, 0) is 16.2 Å². The standard InChI is InChI=1S/C25H19BrN2O4/c1-16-7-10-19(11-8-16)28-24(30)20(23(29)27-25(28)31)13-18-9-12-22(21(26)14-18)32-15-17-5-3-2-4-6-17/h2-14H,15H2,1H3,(H,27,29,31). The molecular formula is C25H19BrN2O4. The lowest BCUT2D eigenvalue weighted by atomic mass is 10.1. The highest BCUT2D eigenvalue weighted by atomic mass is 79.9. The normalized spacial score (nSPS) is 15.1. The van der Waals surface area contributed by atoms with Crippen molar-refractivity contribution in [3.8, 4) is 5.75 Å². The van der Waals surface area contributed by atoms with Crippen molar-refractivity contribution < 1.29 is 19.1 Å². The van der Waals surface area contributed by atoms with Crippen LogP contribution in [0.25, 0.3) is 6.08 Å². The minimum absolute atomic E-state index is 0.130. The fourth-order valence-corrected chi connectivity index (χ4v) is 3.72. The molecule has 4 rings (SSSR count). The summed E-state index contributed by atoms with van der Waals surface area (Å²) in [6.45, 7) is 2.32. The van der Waals surface area contributed by atoms with Crippen molar-refractivity contribution in [1.29, 1.82) is 0 Å². The second-order valence-corrected chi connectivity index (χ2v) is 8.11. The third-order valence-corrected chi connectivity index (χ3v) is 5.52. The predicted molar refractivity (Wildman–Crippen MR) is 125 cm³/mol. The Bertz CT molecular complexity index is 1220. The van der Waals surface area contributed by atoms with Gasteiger partial charge in [-0.15, -0.1) is 0 Å². The van der Waals surface area contributed by atoms with E-state index in [0.717, 1.165) is 16.0 Å². The lowest BCUT2D eigenvalue weighted by molar-refractivity contribution is -0.122. The van der Waals surface area contributed by atoms with Crippen LogP contribution in [0.15, 0.2) is 82.8 Å². The first kappa shape index (κ1) is 21.5. The first-order chi connectivity index (χ1) is 15.4. The molecule has 1 N–H and O–H groups in total. The van der Waals surface area contributed by atoms with E-state index >= 15 is 0 Å². The van der Waals surface area contributed by atoms with Crippen molar-refractivity contribution in [3.05, 3.63) is 99.5 Å². The van der Waals surface area contributed by atoms with E-state index in [1.54, 1.807) is 42.5 Å². The molecule has 32 heavy (non-hydrogen) atoms. The molecule has 1 fully saturated rings. The molecule has 3 aromatic carbocycles. The van der Waals surface area contributed by atoms with Gasteiger partial charge >= 0.3 is 6.03 Å². The van der Waals surface area contributed by atoms with Gasteiger partial charge < -0.3 is 4.74 Å². The largest absolute Gasteiger partial charge is 0.488 e. The quantitative estimate of drug-likeness (QED) is 0.403. The molecule has 0 saturated carbocycles. The van der Waals surface area contributed by atoms with Crippen LogP contribution < -0.4 is 15.0 Å². The van der Waals surface area contributed by atoms with Crippen molar-refractivity contribution >= 4 is 45.5 Å². The van der Waals surface area contributed by atoms with Crippen molar-refractivity contribution in [2.45, 2.75) is 13.5 Å². The number of carbonyl (C=O) groups excluding carboxylic acids is 3. The number of carbonyl (C=O) groups is 3. The summed E-state index contributed by atoms with van der Waals surface area (Å²) >= 11 is 3.48. The Morgan fingerprint density at radius 3 is 2.38 bits per heavy atom. The van der Waals surface area contributed by atoms with E-state index in [-0.39, 0.29) is 5.57 Å². The van der Waals surface area contributed by atoms with Crippen LogP contribution in [-0.4, -0.2) is 17.8 Å². The number of hydrogen-bond donors (Lipinski definition) is 1. The van der Waals surface area contributed by atoms with Gasteiger partial charge in [0.15, 0.2) is 0 Å². The number of hydrogen-bond acceptors (Lipinski definition) is 4. The first-order valence-corrected chi connectivity index (χ1v) is 10.7. The van der Waals surface area contributed by atoms with Gasteiger partial charge in [-0.05, 0) is 64.3 Å². The van der Waals surface area contributed by atoms with Crippen molar-refractivity contribution in [1.82, 2.24) is 5.32 Å². The summed E-state index contributed by atoms with van der Waals surface area (Å²) < 4.78 is 6.52. The summed E-state index contributed by atoms with van der Waals surface area (Å²) in [5.74, 6) is -0.779. The minimum atomic E-state index is -0.771. The first-order valence-electron chi connectivity index (χ1n) is 9.87. The molecule has 0 bridgehead atoms. The summed E-state index contributed by atoms with van der Waals surface area (Å²) in [6.07, 6.45) is 1.46. The van der Waals surface area contributed by atoms with Crippen LogP contribution in [0.3, 0.4) is 0 Å². The molecule has 6 nitrogen and oxygen atoms in total. The van der Waals surface area contributed by atoms with Crippen molar-refractivity contribution in [2.75, 3.05) is 4.90 Å². The zero-order chi connectivity index (χ0) is 22.7. The fourth-order valence-electron chi connectivity index (χ4n) is 3.21. The Kier molecular flexibility index (Phi) is 6.18. The maximum atomic E-state index is 13.0. The number of urea groups is 1. The average molecular weight is 491 g/mol. The molecule has 0 unspecified atom stereocenters. The summed E-state index contributed by atoms with van der Waals surface area (Å²) in [7, 11) is 0. The molecule has 1 saturated heterocycles. The van der Waals surface area contributed by atoms with E-state index in [0.29, 0.717) is 28.1 Å². The molecule has 7 heteroatoms. The minimum Gasteiger partial charge on any atom is -0.488 e. The van der Waals surface area contributed by atoms with Crippen molar-refractivity contribution in [3.63, 3.8) is 0 Å². The van der Waals surface area contributed by atoms with Crippen LogP contribution >= 0.6 is 15.9 Å². The summed E-state index contributed by atoms with van der Waals surface area (Å²) in [5.41, 5.74) is 2.90. The number of halogens is 1. The topological polar surface area (TPSA) is 75.7 Å². The number of ether oxygens (including phenoxy) is 1. The fraction of sp³-hybridized carbons (Fsp3) is 0.0800. The zero-order valence-corrected chi connectivity index (χ0v) is 18.8. The van der Waals surface area contributed by atoms with Gasteiger partial charge in [0.2, 0.25) is 0 Å². The van der Waals surface area contributed by atoms with Crippen LogP contribution in [0.5, 0.6) is 5.75 Å². The lowest BCUT2D eigenvalue weighted by Crippen LogP contribution is -2.54. The highest BCUT2D eigenvalue weighted by Gasteiger charge is 2.36. The summed E-state index contributed by atoms with van der Waals surface area (Å²) in [4.78, 5) is 38.6. The second kappa shape index (κ2) is 9.20. The van der Waals surface area contributed by atoms with Gasteiger partial charge in [0.1, 0.15) is 17.9 Å². The SMILES string of the molecule is Cc1ccc(N2C(=O)NC(=O)C(=Cc3ccc(OCc4ccccc4)c(Br)c3)C2=O)cc1. The number of nitrogens with zero attached hydrogens (tertiary/aromatic N) is 1. The molecule has 4 amide bonds. The molecule has 0 spiro atoms. The van der Waals surface area contributed by atoms with E-state index in [1.165, 1.54) is 6.08 Å². The number of nitrogens with one attached hydrogen (secondary N) is 1. The highest BCUT2D eigenvalue weighted by Crippen LogP contribution is 2.29. The molecule has 0 atom stereocenters. The number of benzene rings is 3. The molecule has 3 aromatic rings. The van der Waals surface area contributed by atoms with Gasteiger partial charge in [-0.25, -0.2) is 9.69 Å². The van der Waals surface area contributed by atoms with E-state index in [2.05, 4.69) is 21.2 Å². The zero-order valence-electron chi connectivity index (χ0n) is 17.2. The Balaban J connectivity index is 1.57. The third kappa shape index (κ3) is 4.63. The number of anilines is 1. The lowest BCUT2D eigenvalue weighted by Gasteiger charge is -2.26. The van der Waals surface area contributed by atoms with E-state index < -0.39 is 17.8 Å². The smallest absolute Gasteiger partial charge is 0.335 e. The van der Waals surface area contributed by atoms with Gasteiger partial charge in [0.05, 0.1) is 10.2 Å². The van der Waals surface area contributed by atoms with E-state index in [4.69, 9.17) is 4.74 Å². The summed E-state index contributed by atoms with van der Waals surface area (Å²) in [5, 5.41) is 2.23. The highest BCUT2D eigenvalue weighted by molar-refractivity contribution is 9.10. The number of imide groups is 2. The van der Waals surface area contributed by atoms with Crippen LogP contribution in [0.4, 0.5) is 10.5 Å². The van der Waals surface area contributed by atoms with E-state index in [9.17, 15) is 14.4 Å². The molecule has 0 aliphatic carbocycles. The van der Waals surface area contributed by atoms with Gasteiger partial charge in [0.25, 0.3) is 11.8 Å². The number of rotatable bonds is 5. The Hall–Kier alpha value is -3.71. The molecule has 0 aromatic heterocycles. The van der Waals surface area contributed by atoms with Gasteiger partial charge in [-0.3, -0.25) is 14.9 Å². The van der Waals surface area contributed by atoms with Gasteiger partial charge in [0, 0.05) is 0 Å². The third-order valence-electron chi connectivity index (χ3n) is 4.90. The average Bonchev–Trinajstić information content (AvgIpc) is 2.78. The van der Waals surface area contributed by atoms with Crippen molar-refractivity contribution in [2.24, 2.45) is 0 Å².